The van der Waals surface area contributed by atoms with Gasteiger partial charge in [0.15, 0.2) is 0 Å². The number of benzene rings is 4. The van der Waals surface area contributed by atoms with Crippen LogP contribution >= 0.6 is 0 Å². The molecule has 0 aromatic heterocycles. The van der Waals surface area contributed by atoms with Crippen LogP contribution in [0.1, 0.15) is 22.3 Å². The zero-order valence-corrected chi connectivity index (χ0v) is 23.1. The maximum Gasteiger partial charge on any atom is 0.335 e. The topological polar surface area (TPSA) is 78.9 Å². The van der Waals surface area contributed by atoms with Gasteiger partial charge in [-0.05, 0) is 71.3 Å². The van der Waals surface area contributed by atoms with Gasteiger partial charge in [-0.2, -0.15) is 0 Å². The molecule has 0 amide bonds. The lowest BCUT2D eigenvalue weighted by Gasteiger charge is -2.07. The van der Waals surface area contributed by atoms with Crippen LogP contribution in [0.5, 0.6) is 17.2 Å². The van der Waals surface area contributed by atoms with E-state index in [0.717, 1.165) is 34.9 Å². The highest BCUT2D eigenvalue weighted by molar-refractivity contribution is 5.85. The van der Waals surface area contributed by atoms with Crippen molar-refractivity contribution in [2.75, 3.05) is 0 Å². The van der Waals surface area contributed by atoms with Crippen LogP contribution in [-0.2, 0) is 14.4 Å². The van der Waals surface area contributed by atoms with E-state index >= 15 is 0 Å². The Morgan fingerprint density at radius 2 is 1.00 bits per heavy atom. The quantitative estimate of drug-likeness (QED) is 0.0701. The Hall–Kier alpha value is -6.19. The average Bonchev–Trinajstić information content (AvgIpc) is 3.04. The molecular formula is C37H26O6. The van der Waals surface area contributed by atoms with E-state index in [9.17, 15) is 14.4 Å². The molecule has 0 saturated heterocycles. The van der Waals surface area contributed by atoms with Gasteiger partial charge in [0.2, 0.25) is 0 Å². The second-order valence-corrected chi connectivity index (χ2v) is 8.88. The Morgan fingerprint density at radius 1 is 0.535 bits per heavy atom. The highest BCUT2D eigenvalue weighted by Gasteiger charge is 2.07. The van der Waals surface area contributed by atoms with E-state index in [1.807, 2.05) is 60.7 Å². The summed E-state index contributed by atoms with van der Waals surface area (Å²) >= 11 is 0. The molecule has 0 unspecified atom stereocenters. The van der Waals surface area contributed by atoms with Crippen LogP contribution in [0.4, 0.5) is 0 Å². The van der Waals surface area contributed by atoms with Gasteiger partial charge >= 0.3 is 17.9 Å². The first-order chi connectivity index (χ1) is 20.9. The lowest BCUT2D eigenvalue weighted by Crippen LogP contribution is -2.04. The van der Waals surface area contributed by atoms with Gasteiger partial charge in [0.05, 0.1) is 0 Å². The molecule has 0 bridgehead atoms. The van der Waals surface area contributed by atoms with Crippen molar-refractivity contribution in [3.63, 3.8) is 0 Å². The lowest BCUT2D eigenvalue weighted by atomic mass is 10.0. The Morgan fingerprint density at radius 3 is 1.56 bits per heavy atom. The van der Waals surface area contributed by atoms with Gasteiger partial charge in [-0.25, -0.2) is 14.4 Å². The van der Waals surface area contributed by atoms with E-state index in [-0.39, 0.29) is 0 Å². The van der Waals surface area contributed by atoms with Gasteiger partial charge in [-0.1, -0.05) is 80.1 Å². The fourth-order valence-corrected chi connectivity index (χ4v) is 3.74. The summed E-state index contributed by atoms with van der Waals surface area (Å²) in [5.74, 6) is 5.65. The van der Waals surface area contributed by atoms with Gasteiger partial charge in [0, 0.05) is 34.9 Å². The minimum absolute atomic E-state index is 0.341. The molecule has 4 rings (SSSR count). The van der Waals surface area contributed by atoms with Crippen molar-refractivity contribution in [2.45, 2.75) is 0 Å². The number of carbonyl (C=O) groups is 3. The molecule has 210 valence electrons. The number of rotatable bonds is 9. The number of carbonyl (C=O) groups excluding carboxylic acids is 3. The molecule has 6 nitrogen and oxygen atoms in total. The number of hydrogen-bond donors (Lipinski definition) is 0. The van der Waals surface area contributed by atoms with Crippen molar-refractivity contribution in [3.05, 3.63) is 151 Å². The van der Waals surface area contributed by atoms with Crippen molar-refractivity contribution in [3.8, 4) is 40.2 Å². The van der Waals surface area contributed by atoms with Gasteiger partial charge in [0.1, 0.15) is 17.2 Å². The Labute approximate surface area is 249 Å². The summed E-state index contributed by atoms with van der Waals surface area (Å²) < 4.78 is 15.7. The van der Waals surface area contributed by atoms with Crippen LogP contribution in [0, 0.1) is 11.8 Å². The third-order valence-corrected chi connectivity index (χ3v) is 5.92. The molecule has 0 spiro atoms. The smallest absolute Gasteiger partial charge is 0.335 e. The molecule has 0 saturated carbocycles. The second-order valence-electron chi connectivity index (χ2n) is 8.88. The van der Waals surface area contributed by atoms with Gasteiger partial charge in [-0.15, -0.1) is 0 Å². The van der Waals surface area contributed by atoms with E-state index < -0.39 is 17.9 Å². The van der Waals surface area contributed by atoms with Crippen molar-refractivity contribution >= 4 is 30.1 Å². The molecule has 0 aliphatic heterocycles. The minimum Gasteiger partial charge on any atom is -0.423 e. The van der Waals surface area contributed by atoms with Crippen molar-refractivity contribution in [1.82, 2.24) is 0 Å². The highest BCUT2D eigenvalue weighted by Crippen LogP contribution is 2.26. The van der Waals surface area contributed by atoms with E-state index in [2.05, 4.69) is 31.6 Å². The third-order valence-electron chi connectivity index (χ3n) is 5.92. The van der Waals surface area contributed by atoms with Gasteiger partial charge < -0.3 is 14.2 Å². The summed E-state index contributed by atoms with van der Waals surface area (Å²) in [5, 5.41) is 0. The molecular weight excluding hydrogens is 540 g/mol. The van der Waals surface area contributed by atoms with E-state index in [1.54, 1.807) is 42.5 Å². The molecule has 0 aliphatic carbocycles. The van der Waals surface area contributed by atoms with Gasteiger partial charge in [-0.3, -0.25) is 0 Å². The predicted octanol–water partition coefficient (Wildman–Crippen LogP) is 7.20. The number of ether oxygens (including phenoxy) is 3. The summed E-state index contributed by atoms with van der Waals surface area (Å²) in [6, 6.07) is 27.2. The van der Waals surface area contributed by atoms with E-state index in [1.165, 1.54) is 0 Å². The molecule has 43 heavy (non-hydrogen) atoms. The fourth-order valence-electron chi connectivity index (χ4n) is 3.74. The molecule has 0 fully saturated rings. The minimum atomic E-state index is -0.584. The largest absolute Gasteiger partial charge is 0.423 e. The van der Waals surface area contributed by atoms with Crippen LogP contribution in [0.3, 0.4) is 0 Å². The zero-order chi connectivity index (χ0) is 30.6. The van der Waals surface area contributed by atoms with Crippen molar-refractivity contribution < 1.29 is 28.6 Å². The summed E-state index contributed by atoms with van der Waals surface area (Å²) in [5.41, 5.74) is 4.93. The number of hydrogen-bond acceptors (Lipinski definition) is 6. The second kappa shape index (κ2) is 14.4. The molecule has 0 radical (unpaired) electrons. The van der Waals surface area contributed by atoms with Crippen molar-refractivity contribution in [2.24, 2.45) is 0 Å². The SMILES string of the molecule is C=CC(=O)Oc1ccc(C#Cc2ccc(C=Cc3ccc(-c4ccc(OC(=O)C=C)cc4)cc3)c(OC(=O)C=C)c2)cc1. The van der Waals surface area contributed by atoms with E-state index in [4.69, 9.17) is 14.2 Å². The first kappa shape index (κ1) is 29.8. The van der Waals surface area contributed by atoms with Crippen LogP contribution in [0.15, 0.2) is 129 Å². The predicted molar refractivity (Wildman–Crippen MR) is 167 cm³/mol. The Bertz CT molecular complexity index is 1760. The lowest BCUT2D eigenvalue weighted by molar-refractivity contribution is -0.129. The highest BCUT2D eigenvalue weighted by atomic mass is 16.5. The van der Waals surface area contributed by atoms with Crippen LogP contribution < -0.4 is 14.2 Å². The maximum absolute atomic E-state index is 12.0. The Kier molecular flexibility index (Phi) is 10.0. The van der Waals surface area contributed by atoms with Crippen LogP contribution in [-0.4, -0.2) is 17.9 Å². The number of esters is 3. The molecule has 0 aliphatic rings. The third kappa shape index (κ3) is 8.65. The van der Waals surface area contributed by atoms with Crippen LogP contribution in [0.25, 0.3) is 23.3 Å². The first-order valence-corrected chi connectivity index (χ1v) is 13.0. The molecule has 4 aromatic carbocycles. The summed E-state index contributed by atoms with van der Waals surface area (Å²) in [6.45, 7) is 10.2. The zero-order valence-electron chi connectivity index (χ0n) is 23.1. The van der Waals surface area contributed by atoms with Crippen LogP contribution in [0.2, 0.25) is 0 Å². The Balaban J connectivity index is 1.49. The van der Waals surface area contributed by atoms with Crippen molar-refractivity contribution in [1.29, 1.82) is 0 Å². The standard InChI is InChI=1S/C37H26O6/c1-4-35(38)41-32-21-13-26(14-22-32)7-8-28-12-18-31(34(25-28)43-37(40)6-3)17-11-27-9-15-29(16-10-27)30-19-23-33(24-20-30)42-36(39)5-2/h4-6,9-25H,1-3H2. The van der Waals surface area contributed by atoms with Gasteiger partial charge in [0.25, 0.3) is 0 Å². The average molecular weight is 567 g/mol. The molecule has 0 N–H and O–H groups in total. The molecule has 4 aromatic rings. The monoisotopic (exact) mass is 566 g/mol. The summed E-state index contributed by atoms with van der Waals surface area (Å²) in [4.78, 5) is 34.7. The molecule has 0 atom stereocenters. The fraction of sp³-hybridized carbons (Fsp3) is 0. The van der Waals surface area contributed by atoms with E-state index in [0.29, 0.717) is 33.9 Å². The summed E-state index contributed by atoms with van der Waals surface area (Å²) in [7, 11) is 0. The molecule has 6 heteroatoms. The summed E-state index contributed by atoms with van der Waals surface area (Å²) in [6.07, 6.45) is 7.07. The normalized spacial score (nSPS) is 10.1. The molecule has 0 heterocycles. The maximum atomic E-state index is 12.0. The first-order valence-electron chi connectivity index (χ1n) is 13.0.